The number of nitrogens with zero attached hydrogens (tertiary/aromatic N) is 9. The minimum absolute atomic E-state index is 0.636. The van der Waals surface area contributed by atoms with Gasteiger partial charge in [0.15, 0.2) is 11.6 Å². The number of aromatic nitrogens is 7. The van der Waals surface area contributed by atoms with Gasteiger partial charge in [-0.25, -0.2) is 14.6 Å². The van der Waals surface area contributed by atoms with E-state index in [1.807, 2.05) is 56.2 Å². The van der Waals surface area contributed by atoms with Crippen LogP contribution >= 0.6 is 0 Å². The molecule has 2 atom stereocenters. The molecule has 11 heteroatoms. The average molecular weight is 540 g/mol. The first-order valence-corrected chi connectivity index (χ1v) is 14.3. The second-order valence-corrected chi connectivity index (χ2v) is 11.6. The second kappa shape index (κ2) is 10.3. The fraction of sp³-hybridized carbons (Fsp3) is 0.483. The van der Waals surface area contributed by atoms with Gasteiger partial charge in [0, 0.05) is 86.8 Å². The number of H-pyrrole nitrogens is 1. The quantitative estimate of drug-likeness (QED) is 0.366. The monoisotopic (exact) mass is 539 g/mol. The number of piperazine rings is 1. The molecule has 2 N–H and O–H groups in total. The van der Waals surface area contributed by atoms with Gasteiger partial charge in [0.25, 0.3) is 0 Å². The van der Waals surface area contributed by atoms with E-state index < -0.39 is 0 Å². The molecule has 0 spiro atoms. The van der Waals surface area contributed by atoms with Crippen molar-refractivity contribution in [2.45, 2.75) is 64.7 Å². The van der Waals surface area contributed by atoms with Gasteiger partial charge in [-0.3, -0.25) is 14.9 Å². The number of anilines is 3. The van der Waals surface area contributed by atoms with E-state index in [1.54, 1.807) is 0 Å². The van der Waals surface area contributed by atoms with Crippen LogP contribution in [0.4, 0.5) is 17.6 Å². The van der Waals surface area contributed by atoms with Gasteiger partial charge in [0.05, 0.1) is 6.20 Å². The van der Waals surface area contributed by atoms with Crippen LogP contribution in [0, 0.1) is 20.8 Å². The maximum atomic E-state index is 4.81. The van der Waals surface area contributed by atoms with Gasteiger partial charge in [-0.1, -0.05) is 6.07 Å². The lowest BCUT2D eigenvalue weighted by Gasteiger charge is -2.58. The van der Waals surface area contributed by atoms with Crippen LogP contribution in [0.15, 0.2) is 42.9 Å². The molecule has 0 saturated carbocycles. The third-order valence-electron chi connectivity index (χ3n) is 8.56. The Morgan fingerprint density at radius 1 is 0.950 bits per heavy atom. The Hall–Kier alpha value is -3.83. The van der Waals surface area contributed by atoms with Gasteiger partial charge in [-0.05, 0) is 57.2 Å². The van der Waals surface area contributed by atoms with Crippen molar-refractivity contribution in [3.05, 3.63) is 65.4 Å². The largest absolute Gasteiger partial charge is 0.341 e. The van der Waals surface area contributed by atoms with Crippen molar-refractivity contribution in [1.82, 2.24) is 44.7 Å². The van der Waals surface area contributed by atoms with E-state index >= 15 is 0 Å². The zero-order chi connectivity index (χ0) is 27.2. The highest BCUT2D eigenvalue weighted by Gasteiger charge is 2.46. The van der Waals surface area contributed by atoms with Crippen LogP contribution in [0.3, 0.4) is 0 Å². The average Bonchev–Trinajstić information content (AvgIpc) is 3.59. The van der Waals surface area contributed by atoms with Crippen molar-refractivity contribution in [1.29, 1.82) is 0 Å². The van der Waals surface area contributed by atoms with Gasteiger partial charge in [0.1, 0.15) is 5.82 Å². The lowest BCUT2D eigenvalue weighted by molar-refractivity contribution is -0.0898. The molecule has 4 aliphatic rings. The van der Waals surface area contributed by atoms with Crippen molar-refractivity contribution in [3.8, 4) is 5.82 Å². The Bertz CT molecular complexity index is 1460. The SMILES string of the molecule is Cc1cnn(-c2ccc(CN3C4CC3CN(C3CCN(c5nc(C)cc(Nc6cc(C)[nH]n6)n5)CC3)C4)cn2)c1. The summed E-state index contributed by atoms with van der Waals surface area (Å²) in [5, 5.41) is 14.9. The number of nitrogens with one attached hydrogen (secondary N) is 2. The highest BCUT2D eigenvalue weighted by Crippen LogP contribution is 2.36. The van der Waals surface area contributed by atoms with Crippen LogP contribution in [0.2, 0.25) is 0 Å². The maximum Gasteiger partial charge on any atom is 0.227 e. The summed E-state index contributed by atoms with van der Waals surface area (Å²) in [7, 11) is 0. The minimum atomic E-state index is 0.636. The van der Waals surface area contributed by atoms with Crippen molar-refractivity contribution >= 4 is 17.6 Å². The van der Waals surface area contributed by atoms with E-state index in [0.29, 0.717) is 18.1 Å². The normalized spacial score (nSPS) is 21.9. The second-order valence-electron chi connectivity index (χ2n) is 11.6. The van der Waals surface area contributed by atoms with Crippen LogP contribution in [0.1, 0.15) is 41.8 Å². The van der Waals surface area contributed by atoms with Crippen LogP contribution in [-0.4, -0.2) is 89.0 Å². The maximum absolute atomic E-state index is 4.81. The zero-order valence-corrected chi connectivity index (χ0v) is 23.5. The first-order chi connectivity index (χ1) is 19.5. The summed E-state index contributed by atoms with van der Waals surface area (Å²) in [6.45, 7) is 11.3. The number of aromatic amines is 1. The van der Waals surface area contributed by atoms with Crippen LogP contribution in [0.5, 0.6) is 0 Å². The number of hydrogen-bond acceptors (Lipinski definition) is 9. The van der Waals surface area contributed by atoms with Gasteiger partial charge in [-0.15, -0.1) is 0 Å². The molecule has 8 heterocycles. The molecular weight excluding hydrogens is 502 g/mol. The topological polar surface area (TPSA) is 107 Å². The smallest absolute Gasteiger partial charge is 0.227 e. The molecule has 4 saturated heterocycles. The zero-order valence-electron chi connectivity index (χ0n) is 23.5. The van der Waals surface area contributed by atoms with E-state index in [2.05, 4.69) is 52.4 Å². The molecule has 2 bridgehead atoms. The molecule has 0 amide bonds. The Kier molecular flexibility index (Phi) is 6.47. The molecule has 0 aromatic carbocycles. The number of hydrogen-bond donors (Lipinski definition) is 2. The number of pyridine rings is 1. The Balaban J connectivity index is 0.922. The summed E-state index contributed by atoms with van der Waals surface area (Å²) < 4.78 is 1.84. The fourth-order valence-corrected chi connectivity index (χ4v) is 6.47. The molecule has 0 radical (unpaired) electrons. The summed E-state index contributed by atoms with van der Waals surface area (Å²) in [6, 6.07) is 10.1. The van der Waals surface area contributed by atoms with Gasteiger partial charge < -0.3 is 10.2 Å². The molecule has 11 nitrogen and oxygen atoms in total. The molecule has 2 unspecified atom stereocenters. The Morgan fingerprint density at radius 2 is 1.77 bits per heavy atom. The summed E-state index contributed by atoms with van der Waals surface area (Å²) in [6.07, 6.45) is 9.49. The summed E-state index contributed by atoms with van der Waals surface area (Å²) in [5.41, 5.74) is 4.39. The predicted octanol–water partition coefficient (Wildman–Crippen LogP) is 3.38. The molecular formula is C29H37N11. The molecule has 0 aliphatic carbocycles. The first-order valence-electron chi connectivity index (χ1n) is 14.3. The predicted molar refractivity (Wildman–Crippen MR) is 154 cm³/mol. The summed E-state index contributed by atoms with van der Waals surface area (Å²) >= 11 is 0. The van der Waals surface area contributed by atoms with Crippen LogP contribution in [-0.2, 0) is 6.54 Å². The minimum Gasteiger partial charge on any atom is -0.341 e. The third-order valence-corrected chi connectivity index (χ3v) is 8.56. The standard InChI is InChI=1S/C29H37N11/c1-19-13-31-40(15-19)28-5-4-22(14-30-28)16-39-24-12-25(39)18-38(17-24)23-6-8-37(9-7-23)29-32-20(2)10-26(34-29)33-27-11-21(3)35-36-27/h4-5,10-11,13-15,23-25H,6-9,12,16-18H2,1-3H3,(H2,32,33,34,35,36). The Labute approximate surface area is 234 Å². The molecule has 208 valence electrons. The number of fused-ring (bicyclic) bond motifs is 2. The van der Waals surface area contributed by atoms with E-state index in [4.69, 9.17) is 9.97 Å². The van der Waals surface area contributed by atoms with E-state index in [1.165, 1.54) is 12.0 Å². The van der Waals surface area contributed by atoms with Gasteiger partial charge >= 0.3 is 0 Å². The van der Waals surface area contributed by atoms with Crippen molar-refractivity contribution in [3.63, 3.8) is 0 Å². The molecule has 4 aromatic heterocycles. The lowest BCUT2D eigenvalue weighted by Crippen LogP contribution is -2.69. The summed E-state index contributed by atoms with van der Waals surface area (Å²) in [5.74, 6) is 3.24. The number of aryl methyl sites for hydroxylation is 3. The van der Waals surface area contributed by atoms with Gasteiger partial charge in [-0.2, -0.15) is 15.2 Å². The van der Waals surface area contributed by atoms with Gasteiger partial charge in [0.2, 0.25) is 5.95 Å². The lowest BCUT2D eigenvalue weighted by atomic mass is 9.85. The highest BCUT2D eigenvalue weighted by molar-refractivity contribution is 5.54. The molecule has 4 aromatic rings. The van der Waals surface area contributed by atoms with E-state index in [-0.39, 0.29) is 0 Å². The van der Waals surface area contributed by atoms with Crippen molar-refractivity contribution in [2.75, 3.05) is 36.4 Å². The highest BCUT2D eigenvalue weighted by atomic mass is 15.4. The van der Waals surface area contributed by atoms with Crippen molar-refractivity contribution in [2.24, 2.45) is 0 Å². The number of piperidine rings is 2. The van der Waals surface area contributed by atoms with E-state index in [9.17, 15) is 0 Å². The molecule has 8 rings (SSSR count). The van der Waals surface area contributed by atoms with Crippen LogP contribution in [0.25, 0.3) is 5.82 Å². The molecule has 40 heavy (non-hydrogen) atoms. The first kappa shape index (κ1) is 25.2. The van der Waals surface area contributed by atoms with E-state index in [0.717, 1.165) is 85.9 Å². The fourth-order valence-electron chi connectivity index (χ4n) is 6.47. The Morgan fingerprint density at radius 3 is 2.45 bits per heavy atom. The number of rotatable bonds is 7. The van der Waals surface area contributed by atoms with Crippen molar-refractivity contribution < 1.29 is 0 Å². The molecule has 4 aliphatic heterocycles. The third kappa shape index (κ3) is 5.06. The molecule has 4 fully saturated rings. The summed E-state index contributed by atoms with van der Waals surface area (Å²) in [4.78, 5) is 22.0. The van der Waals surface area contributed by atoms with Crippen LogP contribution < -0.4 is 10.2 Å².